The molecule has 0 radical (unpaired) electrons. The third kappa shape index (κ3) is 3.60. The molecule has 3 heteroatoms. The van der Waals surface area contributed by atoms with E-state index < -0.39 is 0 Å². The van der Waals surface area contributed by atoms with E-state index in [2.05, 4.69) is 43.4 Å². The summed E-state index contributed by atoms with van der Waals surface area (Å²) in [4.78, 5) is 14.2. The Morgan fingerprint density at radius 1 is 1.40 bits per heavy atom. The molecule has 3 nitrogen and oxygen atoms in total. The second-order valence-electron chi connectivity index (χ2n) is 5.97. The minimum atomic E-state index is 0.261. The normalized spacial score (nSPS) is 17.3. The maximum atomic E-state index is 12.3. The molecule has 1 aliphatic rings. The van der Waals surface area contributed by atoms with Crippen LogP contribution >= 0.6 is 0 Å². The van der Waals surface area contributed by atoms with Crippen molar-refractivity contribution < 1.29 is 4.79 Å². The molecule has 0 aromatic heterocycles. The van der Waals surface area contributed by atoms with Gasteiger partial charge in [0.25, 0.3) is 0 Å². The average Bonchev–Trinajstić information content (AvgIpc) is 2.86. The predicted molar refractivity (Wildman–Crippen MR) is 82.6 cm³/mol. The summed E-state index contributed by atoms with van der Waals surface area (Å²) < 4.78 is 0. The highest BCUT2D eigenvalue weighted by Gasteiger charge is 2.27. The fourth-order valence-electron chi connectivity index (χ4n) is 2.92. The first-order chi connectivity index (χ1) is 9.59. The van der Waals surface area contributed by atoms with Crippen LogP contribution in [0, 0.1) is 0 Å². The van der Waals surface area contributed by atoms with Crippen LogP contribution in [0.2, 0.25) is 0 Å². The average molecular weight is 274 g/mol. The summed E-state index contributed by atoms with van der Waals surface area (Å²) in [6.07, 6.45) is 3.70. The van der Waals surface area contributed by atoms with E-state index in [0.29, 0.717) is 12.5 Å². The summed E-state index contributed by atoms with van der Waals surface area (Å²) in [7, 11) is 1.95. The van der Waals surface area contributed by atoms with Crippen LogP contribution in [0.3, 0.4) is 0 Å². The van der Waals surface area contributed by atoms with Crippen LogP contribution in [0.4, 0.5) is 0 Å². The maximum absolute atomic E-state index is 12.3. The third-order valence-electron chi connectivity index (χ3n) is 4.08. The van der Waals surface area contributed by atoms with Crippen molar-refractivity contribution in [2.45, 2.75) is 51.6 Å². The van der Waals surface area contributed by atoms with Crippen molar-refractivity contribution >= 4 is 5.91 Å². The van der Waals surface area contributed by atoms with Gasteiger partial charge in [-0.05, 0) is 36.9 Å². The number of nitrogens with one attached hydrogen (secondary N) is 1. The molecule has 2 rings (SSSR count). The zero-order valence-corrected chi connectivity index (χ0v) is 12.9. The minimum Gasteiger partial charge on any atom is -0.339 e. The molecule has 1 unspecified atom stereocenters. The van der Waals surface area contributed by atoms with Crippen molar-refractivity contribution in [1.82, 2.24) is 10.2 Å². The van der Waals surface area contributed by atoms with Gasteiger partial charge < -0.3 is 10.2 Å². The van der Waals surface area contributed by atoms with E-state index in [-0.39, 0.29) is 11.9 Å². The SMILES string of the molecule is CC(C)NCCCC(=O)N(C)C1CCc2ccccc21. The van der Waals surface area contributed by atoms with Gasteiger partial charge >= 0.3 is 0 Å². The van der Waals surface area contributed by atoms with Crippen LogP contribution in [0.1, 0.15) is 50.3 Å². The second-order valence-corrected chi connectivity index (χ2v) is 5.97. The van der Waals surface area contributed by atoms with E-state index in [1.54, 1.807) is 0 Å². The Hall–Kier alpha value is -1.35. The highest BCUT2D eigenvalue weighted by molar-refractivity contribution is 5.76. The van der Waals surface area contributed by atoms with Crippen LogP contribution < -0.4 is 5.32 Å². The lowest BCUT2D eigenvalue weighted by atomic mass is 10.1. The fourth-order valence-corrected chi connectivity index (χ4v) is 2.92. The number of carbonyl (C=O) groups is 1. The minimum absolute atomic E-state index is 0.261. The number of rotatable bonds is 6. The van der Waals surface area contributed by atoms with Crippen LogP contribution in [0.5, 0.6) is 0 Å². The number of hydrogen-bond donors (Lipinski definition) is 1. The van der Waals surface area contributed by atoms with Gasteiger partial charge in [0.2, 0.25) is 5.91 Å². The Morgan fingerprint density at radius 3 is 2.90 bits per heavy atom. The Bertz CT molecular complexity index is 456. The Labute approximate surface area is 122 Å². The van der Waals surface area contributed by atoms with E-state index in [1.165, 1.54) is 11.1 Å². The number of fused-ring (bicyclic) bond motifs is 1. The van der Waals surface area contributed by atoms with Gasteiger partial charge in [0.1, 0.15) is 0 Å². The number of aryl methyl sites for hydroxylation is 1. The number of amides is 1. The summed E-state index contributed by atoms with van der Waals surface area (Å²) in [5.74, 6) is 0.261. The van der Waals surface area contributed by atoms with Crippen molar-refractivity contribution in [2.24, 2.45) is 0 Å². The number of carbonyl (C=O) groups excluding carboxylic acids is 1. The lowest BCUT2D eigenvalue weighted by Crippen LogP contribution is -2.31. The first-order valence-corrected chi connectivity index (χ1v) is 7.66. The van der Waals surface area contributed by atoms with Gasteiger partial charge in [-0.15, -0.1) is 0 Å². The van der Waals surface area contributed by atoms with Gasteiger partial charge in [-0.2, -0.15) is 0 Å². The standard InChI is InChI=1S/C17H26N2O/c1-13(2)18-12-6-9-17(20)19(3)16-11-10-14-7-4-5-8-15(14)16/h4-5,7-8,13,16,18H,6,9-12H2,1-3H3. The van der Waals surface area contributed by atoms with Crippen molar-refractivity contribution in [3.05, 3.63) is 35.4 Å². The molecule has 1 aliphatic carbocycles. The Balaban J connectivity index is 1.85. The Morgan fingerprint density at radius 2 is 2.15 bits per heavy atom. The molecule has 0 heterocycles. The molecule has 1 N–H and O–H groups in total. The first-order valence-electron chi connectivity index (χ1n) is 7.66. The van der Waals surface area contributed by atoms with Gasteiger partial charge in [0, 0.05) is 19.5 Å². The highest BCUT2D eigenvalue weighted by atomic mass is 16.2. The van der Waals surface area contributed by atoms with Crippen molar-refractivity contribution in [3.63, 3.8) is 0 Å². The molecule has 110 valence electrons. The molecule has 1 amide bonds. The summed E-state index contributed by atoms with van der Waals surface area (Å²) >= 11 is 0. The van der Waals surface area contributed by atoms with E-state index in [0.717, 1.165) is 25.8 Å². The quantitative estimate of drug-likeness (QED) is 0.809. The molecular formula is C17H26N2O. The van der Waals surface area contributed by atoms with Crippen molar-refractivity contribution in [2.75, 3.05) is 13.6 Å². The second kappa shape index (κ2) is 6.89. The molecular weight excluding hydrogens is 248 g/mol. The van der Waals surface area contributed by atoms with Crippen LogP contribution in [0.15, 0.2) is 24.3 Å². The lowest BCUT2D eigenvalue weighted by molar-refractivity contribution is -0.132. The summed E-state index contributed by atoms with van der Waals surface area (Å²) in [5, 5.41) is 3.35. The molecule has 1 atom stereocenters. The maximum Gasteiger partial charge on any atom is 0.222 e. The fraction of sp³-hybridized carbons (Fsp3) is 0.588. The molecule has 0 aliphatic heterocycles. The van der Waals surface area contributed by atoms with Crippen LogP contribution in [-0.4, -0.2) is 30.4 Å². The molecule has 1 aromatic rings. The molecule has 1 aromatic carbocycles. The zero-order chi connectivity index (χ0) is 14.5. The molecule has 0 saturated carbocycles. The third-order valence-corrected chi connectivity index (χ3v) is 4.08. The Kier molecular flexibility index (Phi) is 5.18. The zero-order valence-electron chi connectivity index (χ0n) is 12.9. The van der Waals surface area contributed by atoms with Gasteiger partial charge in [-0.3, -0.25) is 4.79 Å². The first kappa shape index (κ1) is 15.0. The van der Waals surface area contributed by atoms with Gasteiger partial charge in [-0.25, -0.2) is 0 Å². The molecule has 0 fully saturated rings. The number of hydrogen-bond acceptors (Lipinski definition) is 2. The lowest BCUT2D eigenvalue weighted by Gasteiger charge is -2.25. The van der Waals surface area contributed by atoms with Crippen LogP contribution in [-0.2, 0) is 11.2 Å². The summed E-state index contributed by atoms with van der Waals surface area (Å²) in [6.45, 7) is 5.17. The number of benzene rings is 1. The van der Waals surface area contributed by atoms with Crippen molar-refractivity contribution in [3.8, 4) is 0 Å². The molecule has 20 heavy (non-hydrogen) atoms. The van der Waals surface area contributed by atoms with Gasteiger partial charge in [0.15, 0.2) is 0 Å². The molecule has 0 spiro atoms. The smallest absolute Gasteiger partial charge is 0.222 e. The summed E-state index contributed by atoms with van der Waals surface area (Å²) in [5.41, 5.74) is 2.74. The van der Waals surface area contributed by atoms with E-state index >= 15 is 0 Å². The number of nitrogens with zero attached hydrogens (tertiary/aromatic N) is 1. The van der Waals surface area contributed by atoms with Crippen LogP contribution in [0.25, 0.3) is 0 Å². The van der Waals surface area contributed by atoms with E-state index in [1.807, 2.05) is 11.9 Å². The predicted octanol–water partition coefficient (Wildman–Crippen LogP) is 2.91. The van der Waals surface area contributed by atoms with Gasteiger partial charge in [0.05, 0.1) is 6.04 Å². The largest absolute Gasteiger partial charge is 0.339 e. The molecule has 0 saturated heterocycles. The van der Waals surface area contributed by atoms with E-state index in [9.17, 15) is 4.79 Å². The molecule has 0 bridgehead atoms. The van der Waals surface area contributed by atoms with E-state index in [4.69, 9.17) is 0 Å². The van der Waals surface area contributed by atoms with Gasteiger partial charge in [-0.1, -0.05) is 38.1 Å². The monoisotopic (exact) mass is 274 g/mol. The van der Waals surface area contributed by atoms with Crippen molar-refractivity contribution in [1.29, 1.82) is 0 Å². The highest BCUT2D eigenvalue weighted by Crippen LogP contribution is 2.34. The summed E-state index contributed by atoms with van der Waals surface area (Å²) in [6, 6.07) is 9.27. The topological polar surface area (TPSA) is 32.3 Å².